The lowest BCUT2D eigenvalue weighted by Crippen LogP contribution is -2.46. The molecule has 0 aromatic carbocycles. The Labute approximate surface area is 108 Å². The number of hydrogen-bond donors (Lipinski definition) is 0. The predicted octanol–water partition coefficient (Wildman–Crippen LogP) is 2.21. The Balaban J connectivity index is 2.32. The number of aryl methyl sites for hydroxylation is 1. The minimum absolute atomic E-state index is 0.0150. The molecule has 0 unspecified atom stereocenters. The first-order valence-corrected chi connectivity index (χ1v) is 6.22. The summed E-state index contributed by atoms with van der Waals surface area (Å²) >= 11 is 0. The van der Waals surface area contributed by atoms with E-state index in [4.69, 9.17) is 0 Å². The first kappa shape index (κ1) is 12.8. The molecule has 98 valence electrons. The van der Waals surface area contributed by atoms with Crippen LogP contribution in [0.3, 0.4) is 0 Å². The van der Waals surface area contributed by atoms with Crippen molar-refractivity contribution in [2.45, 2.75) is 46.2 Å². The van der Waals surface area contributed by atoms with Crippen molar-refractivity contribution in [3.05, 3.63) is 18.0 Å². The van der Waals surface area contributed by atoms with Crippen molar-refractivity contribution >= 4 is 12.0 Å². The quantitative estimate of drug-likeness (QED) is 0.806. The molecule has 1 saturated heterocycles. The van der Waals surface area contributed by atoms with Crippen molar-refractivity contribution in [3.63, 3.8) is 0 Å². The van der Waals surface area contributed by atoms with E-state index in [2.05, 4.69) is 23.8 Å². The molecule has 1 aliphatic heterocycles. The molecule has 1 aromatic rings. The van der Waals surface area contributed by atoms with Crippen LogP contribution < -0.4 is 4.90 Å². The summed E-state index contributed by atoms with van der Waals surface area (Å²) in [5.74, 6) is 0.488. The van der Waals surface area contributed by atoms with Crippen molar-refractivity contribution in [1.29, 1.82) is 0 Å². The van der Waals surface area contributed by atoms with E-state index < -0.39 is 0 Å². The van der Waals surface area contributed by atoms with Gasteiger partial charge in [0.2, 0.25) is 5.95 Å². The maximum absolute atomic E-state index is 12.4. The molecule has 5 nitrogen and oxygen atoms in total. The normalized spacial score (nSPS) is 18.9. The van der Waals surface area contributed by atoms with Crippen LogP contribution in [-0.4, -0.2) is 39.0 Å². The molecular formula is C13H20N4O. The number of rotatable bonds is 2. The van der Waals surface area contributed by atoms with Gasteiger partial charge in [-0.15, -0.1) is 0 Å². The first-order chi connectivity index (χ1) is 8.33. The van der Waals surface area contributed by atoms with E-state index in [0.29, 0.717) is 12.5 Å². The average molecular weight is 248 g/mol. The number of aromatic nitrogens is 2. The topological polar surface area (TPSA) is 49.3 Å². The van der Waals surface area contributed by atoms with Gasteiger partial charge in [-0.05, 0) is 40.2 Å². The van der Waals surface area contributed by atoms with Gasteiger partial charge in [0.1, 0.15) is 0 Å². The summed E-state index contributed by atoms with van der Waals surface area (Å²) in [7, 11) is 0. The van der Waals surface area contributed by atoms with E-state index in [1.54, 1.807) is 17.3 Å². The van der Waals surface area contributed by atoms with E-state index in [9.17, 15) is 4.79 Å². The zero-order chi connectivity index (χ0) is 13.5. The van der Waals surface area contributed by atoms with Crippen molar-refractivity contribution in [1.82, 2.24) is 14.9 Å². The largest absolute Gasteiger partial charge is 0.327 e. The molecule has 0 N–H and O–H groups in total. The fraction of sp³-hybridized carbons (Fsp3) is 0.615. The van der Waals surface area contributed by atoms with Crippen molar-refractivity contribution in [2.75, 3.05) is 11.4 Å². The summed E-state index contributed by atoms with van der Waals surface area (Å²) < 4.78 is 0. The van der Waals surface area contributed by atoms with Crippen LogP contribution in [-0.2, 0) is 0 Å². The Morgan fingerprint density at radius 1 is 1.28 bits per heavy atom. The maximum Gasteiger partial charge on any atom is 0.327 e. The summed E-state index contributed by atoms with van der Waals surface area (Å²) in [6.45, 7) is 10.7. The second-order valence-electron chi connectivity index (χ2n) is 5.71. The van der Waals surface area contributed by atoms with Crippen LogP contribution in [0.5, 0.6) is 0 Å². The highest BCUT2D eigenvalue weighted by atomic mass is 16.2. The molecule has 1 fully saturated rings. The number of carbonyl (C=O) groups is 1. The lowest BCUT2D eigenvalue weighted by atomic mass is 10.0. The van der Waals surface area contributed by atoms with Gasteiger partial charge in [0, 0.05) is 18.4 Å². The Hall–Kier alpha value is -1.65. The number of amides is 2. The third-order valence-electron chi connectivity index (χ3n) is 3.16. The summed E-state index contributed by atoms with van der Waals surface area (Å²) in [5, 5.41) is 0. The van der Waals surface area contributed by atoms with Crippen molar-refractivity contribution in [3.8, 4) is 0 Å². The minimum Gasteiger partial charge on any atom is -0.315 e. The fourth-order valence-corrected chi connectivity index (χ4v) is 2.52. The van der Waals surface area contributed by atoms with Gasteiger partial charge in [-0.2, -0.15) is 0 Å². The maximum atomic E-state index is 12.4. The Morgan fingerprint density at radius 3 is 2.28 bits per heavy atom. The van der Waals surface area contributed by atoms with E-state index in [-0.39, 0.29) is 17.6 Å². The van der Waals surface area contributed by atoms with Crippen LogP contribution in [0.25, 0.3) is 0 Å². The molecule has 0 atom stereocenters. The van der Waals surface area contributed by atoms with Gasteiger partial charge in [-0.1, -0.05) is 0 Å². The highest BCUT2D eigenvalue weighted by Crippen LogP contribution is 2.30. The highest BCUT2D eigenvalue weighted by molar-refractivity contribution is 5.93. The zero-order valence-corrected chi connectivity index (χ0v) is 11.6. The Morgan fingerprint density at radius 2 is 1.83 bits per heavy atom. The molecule has 2 heterocycles. The molecule has 0 saturated carbocycles. The number of anilines is 1. The van der Waals surface area contributed by atoms with Crippen molar-refractivity contribution in [2.24, 2.45) is 0 Å². The molecule has 2 amide bonds. The van der Waals surface area contributed by atoms with Crippen LogP contribution in [0, 0.1) is 6.92 Å². The summed E-state index contributed by atoms with van der Waals surface area (Å²) in [6.07, 6.45) is 3.47. The van der Waals surface area contributed by atoms with Crippen LogP contribution >= 0.6 is 0 Å². The van der Waals surface area contributed by atoms with Crippen LogP contribution in [0.15, 0.2) is 12.4 Å². The van der Waals surface area contributed by atoms with Gasteiger partial charge in [0.05, 0.1) is 12.1 Å². The molecule has 0 aliphatic carbocycles. The Bertz CT molecular complexity index is 453. The van der Waals surface area contributed by atoms with Gasteiger partial charge < -0.3 is 4.90 Å². The molecular weight excluding hydrogens is 228 g/mol. The van der Waals surface area contributed by atoms with Gasteiger partial charge in [-0.25, -0.2) is 14.8 Å². The van der Waals surface area contributed by atoms with Gasteiger partial charge in [-0.3, -0.25) is 4.90 Å². The third-order valence-corrected chi connectivity index (χ3v) is 3.16. The molecule has 1 aliphatic rings. The van der Waals surface area contributed by atoms with E-state index >= 15 is 0 Å². The van der Waals surface area contributed by atoms with E-state index in [1.165, 1.54) is 0 Å². The van der Waals surface area contributed by atoms with Crippen LogP contribution in [0.1, 0.15) is 33.3 Å². The van der Waals surface area contributed by atoms with Crippen molar-refractivity contribution < 1.29 is 4.79 Å². The monoisotopic (exact) mass is 248 g/mol. The van der Waals surface area contributed by atoms with Gasteiger partial charge >= 0.3 is 6.03 Å². The van der Waals surface area contributed by atoms with Crippen LogP contribution in [0.4, 0.5) is 10.7 Å². The molecule has 5 heteroatoms. The summed E-state index contributed by atoms with van der Waals surface area (Å²) in [5.41, 5.74) is 0.796. The van der Waals surface area contributed by atoms with E-state index in [1.807, 2.05) is 25.7 Å². The van der Waals surface area contributed by atoms with E-state index in [0.717, 1.165) is 5.56 Å². The van der Waals surface area contributed by atoms with Gasteiger partial charge in [0.15, 0.2) is 0 Å². The Kier molecular flexibility index (Phi) is 3.00. The summed E-state index contributed by atoms with van der Waals surface area (Å²) in [4.78, 5) is 24.4. The number of hydrogen-bond acceptors (Lipinski definition) is 3. The third kappa shape index (κ3) is 2.05. The lowest BCUT2D eigenvalue weighted by molar-refractivity contribution is 0.152. The predicted molar refractivity (Wildman–Crippen MR) is 70.6 cm³/mol. The second-order valence-corrected chi connectivity index (χ2v) is 5.71. The molecule has 18 heavy (non-hydrogen) atoms. The minimum atomic E-state index is -0.195. The molecule has 1 aromatic heterocycles. The number of nitrogens with zero attached hydrogens (tertiary/aromatic N) is 4. The fourth-order valence-electron chi connectivity index (χ4n) is 2.52. The number of urea groups is 1. The second kappa shape index (κ2) is 4.23. The average Bonchev–Trinajstić information content (AvgIpc) is 2.50. The summed E-state index contributed by atoms with van der Waals surface area (Å²) in [6, 6.07) is 0.154. The van der Waals surface area contributed by atoms with Gasteiger partial charge in [0.25, 0.3) is 0 Å². The highest BCUT2D eigenvalue weighted by Gasteiger charge is 2.45. The smallest absolute Gasteiger partial charge is 0.315 e. The molecule has 2 rings (SSSR count). The van der Waals surface area contributed by atoms with Crippen LogP contribution in [0.2, 0.25) is 0 Å². The standard InChI is InChI=1S/C13H20N4O/c1-9(2)17-12(18)16(8-13(17,4)5)11-14-6-10(3)7-15-11/h6-7,9H,8H2,1-5H3. The lowest BCUT2D eigenvalue weighted by Gasteiger charge is -2.32. The zero-order valence-electron chi connectivity index (χ0n) is 11.6. The first-order valence-electron chi connectivity index (χ1n) is 6.22. The molecule has 0 radical (unpaired) electrons. The molecule has 0 spiro atoms. The molecule has 0 bridgehead atoms. The SMILES string of the molecule is Cc1cnc(N2CC(C)(C)N(C(C)C)C2=O)nc1. The number of carbonyl (C=O) groups excluding carboxylic acids is 1.